The molecule has 0 saturated carbocycles. The number of fused-ring (bicyclic) bond motifs is 1. The lowest BCUT2D eigenvalue weighted by molar-refractivity contribution is 0.0948. The topological polar surface area (TPSA) is 117 Å². The normalized spacial score (nSPS) is 10.7. The van der Waals surface area contributed by atoms with Crippen LogP contribution in [0, 0.1) is 6.92 Å². The van der Waals surface area contributed by atoms with Gasteiger partial charge >= 0.3 is 0 Å². The van der Waals surface area contributed by atoms with E-state index in [1.54, 1.807) is 57.7 Å². The van der Waals surface area contributed by atoms with Gasteiger partial charge in [0.05, 0.1) is 31.6 Å². The molecular formula is C29H25N5O5. The van der Waals surface area contributed by atoms with Crippen molar-refractivity contribution < 1.29 is 19.0 Å². The highest BCUT2D eigenvalue weighted by Crippen LogP contribution is 2.36. The van der Waals surface area contributed by atoms with Crippen LogP contribution in [-0.4, -0.2) is 39.9 Å². The maximum absolute atomic E-state index is 13.1. The molecule has 0 fully saturated rings. The summed E-state index contributed by atoms with van der Waals surface area (Å²) in [5, 5.41) is 7.79. The molecule has 5 aromatic rings. The predicted octanol–water partition coefficient (Wildman–Crippen LogP) is 4.22. The van der Waals surface area contributed by atoms with Crippen molar-refractivity contribution in [3.05, 3.63) is 106 Å². The predicted molar refractivity (Wildman–Crippen MR) is 145 cm³/mol. The summed E-state index contributed by atoms with van der Waals surface area (Å²) in [4.78, 5) is 34.7. The molecule has 3 heterocycles. The Kier molecular flexibility index (Phi) is 7.17. The Balaban J connectivity index is 1.39. The molecule has 0 saturated heterocycles. The molecule has 0 radical (unpaired) electrons. The highest BCUT2D eigenvalue weighted by Gasteiger charge is 2.17. The van der Waals surface area contributed by atoms with Gasteiger partial charge < -0.3 is 19.5 Å². The van der Waals surface area contributed by atoms with Crippen LogP contribution in [0.1, 0.15) is 21.6 Å². The maximum Gasteiger partial charge on any atom is 0.285 e. The van der Waals surface area contributed by atoms with E-state index in [2.05, 4.69) is 20.4 Å². The standard InChI is InChI=1S/C29H25N5O5/c1-18-13-22(28(35)32-16-19-7-5-4-6-8-19)29(36)34(33-18)27-10-9-20(17-31-27)39-24-11-12-30-23-15-26(38-3)25(37-2)14-21(23)24/h4-15,17H,16H2,1-3H3,(H,32,35). The SMILES string of the molecule is COc1cc2nccc(Oc3ccc(-n4nc(C)cc(C(=O)NCc5ccccc5)c4=O)nc3)c2cc1OC. The maximum atomic E-state index is 13.1. The summed E-state index contributed by atoms with van der Waals surface area (Å²) in [6.07, 6.45) is 3.11. The minimum absolute atomic E-state index is 0.0202. The van der Waals surface area contributed by atoms with Crippen molar-refractivity contribution in [3.63, 3.8) is 0 Å². The second-order valence-electron chi connectivity index (χ2n) is 8.57. The van der Waals surface area contributed by atoms with Gasteiger partial charge in [0.2, 0.25) is 0 Å². The van der Waals surface area contributed by atoms with Gasteiger partial charge in [-0.15, -0.1) is 0 Å². The quantitative estimate of drug-likeness (QED) is 0.321. The first kappa shape index (κ1) is 25.4. The van der Waals surface area contributed by atoms with E-state index in [9.17, 15) is 9.59 Å². The second kappa shape index (κ2) is 11.0. The van der Waals surface area contributed by atoms with Gasteiger partial charge in [-0.05, 0) is 42.8 Å². The fraction of sp³-hybridized carbons (Fsp3) is 0.138. The molecule has 39 heavy (non-hydrogen) atoms. The minimum atomic E-state index is -0.575. The van der Waals surface area contributed by atoms with Crippen molar-refractivity contribution in [1.82, 2.24) is 25.1 Å². The average Bonchev–Trinajstić information content (AvgIpc) is 2.97. The van der Waals surface area contributed by atoms with Crippen LogP contribution in [0.3, 0.4) is 0 Å². The van der Waals surface area contributed by atoms with Crippen LogP contribution >= 0.6 is 0 Å². The summed E-state index contributed by atoms with van der Waals surface area (Å²) in [5.41, 5.74) is 1.49. The van der Waals surface area contributed by atoms with E-state index in [1.165, 1.54) is 12.3 Å². The monoisotopic (exact) mass is 523 g/mol. The largest absolute Gasteiger partial charge is 0.493 e. The number of benzene rings is 2. The number of nitrogens with zero attached hydrogens (tertiary/aromatic N) is 4. The molecule has 0 atom stereocenters. The zero-order valence-electron chi connectivity index (χ0n) is 21.5. The number of amides is 1. The lowest BCUT2D eigenvalue weighted by Crippen LogP contribution is -2.34. The molecule has 0 aliphatic rings. The molecule has 0 spiro atoms. The van der Waals surface area contributed by atoms with Gasteiger partial charge in [-0.3, -0.25) is 14.6 Å². The summed E-state index contributed by atoms with van der Waals surface area (Å²) in [5.74, 6) is 1.84. The Labute approximate surface area is 223 Å². The molecule has 10 heteroatoms. The van der Waals surface area contributed by atoms with Gasteiger partial charge in [0, 0.05) is 24.2 Å². The van der Waals surface area contributed by atoms with Crippen LogP contribution in [0.2, 0.25) is 0 Å². The summed E-state index contributed by atoms with van der Waals surface area (Å²) in [6, 6.07) is 19.5. The molecular weight excluding hydrogens is 498 g/mol. The van der Waals surface area contributed by atoms with Crippen LogP contribution in [0.25, 0.3) is 16.7 Å². The van der Waals surface area contributed by atoms with E-state index in [4.69, 9.17) is 14.2 Å². The van der Waals surface area contributed by atoms with Gasteiger partial charge in [0.25, 0.3) is 11.5 Å². The van der Waals surface area contributed by atoms with Crippen molar-refractivity contribution in [2.75, 3.05) is 14.2 Å². The zero-order valence-corrected chi connectivity index (χ0v) is 21.5. The number of ether oxygens (including phenoxy) is 3. The van der Waals surface area contributed by atoms with E-state index in [-0.39, 0.29) is 11.4 Å². The summed E-state index contributed by atoms with van der Waals surface area (Å²) < 4.78 is 18.0. The Morgan fingerprint density at radius 3 is 2.41 bits per heavy atom. The van der Waals surface area contributed by atoms with Crippen molar-refractivity contribution in [2.24, 2.45) is 0 Å². The number of aromatic nitrogens is 4. The second-order valence-corrected chi connectivity index (χ2v) is 8.57. The molecule has 0 aliphatic heterocycles. The van der Waals surface area contributed by atoms with E-state index in [0.717, 1.165) is 15.6 Å². The van der Waals surface area contributed by atoms with E-state index >= 15 is 0 Å². The number of nitrogens with one attached hydrogen (secondary N) is 1. The van der Waals surface area contributed by atoms with Crippen LogP contribution in [0.5, 0.6) is 23.0 Å². The third-order valence-corrected chi connectivity index (χ3v) is 5.95. The van der Waals surface area contributed by atoms with Crippen LogP contribution in [0.4, 0.5) is 0 Å². The molecule has 0 bridgehead atoms. The van der Waals surface area contributed by atoms with Crippen molar-refractivity contribution in [3.8, 4) is 28.8 Å². The fourth-order valence-corrected chi connectivity index (χ4v) is 4.03. The number of aryl methyl sites for hydroxylation is 1. The third kappa shape index (κ3) is 5.40. The van der Waals surface area contributed by atoms with Crippen LogP contribution < -0.4 is 25.1 Å². The van der Waals surface area contributed by atoms with E-state index in [0.29, 0.717) is 40.8 Å². The summed E-state index contributed by atoms with van der Waals surface area (Å²) in [7, 11) is 3.12. The van der Waals surface area contributed by atoms with Crippen molar-refractivity contribution >= 4 is 16.8 Å². The van der Waals surface area contributed by atoms with Gasteiger partial charge in [-0.2, -0.15) is 9.78 Å². The molecule has 1 amide bonds. The molecule has 1 N–H and O–H groups in total. The Morgan fingerprint density at radius 2 is 1.69 bits per heavy atom. The minimum Gasteiger partial charge on any atom is -0.493 e. The van der Waals surface area contributed by atoms with Gasteiger partial charge in [-0.1, -0.05) is 30.3 Å². The molecule has 0 aliphatic carbocycles. The van der Waals surface area contributed by atoms with Gasteiger partial charge in [0.1, 0.15) is 17.1 Å². The van der Waals surface area contributed by atoms with Crippen molar-refractivity contribution in [1.29, 1.82) is 0 Å². The molecule has 10 nitrogen and oxygen atoms in total. The molecule has 196 valence electrons. The number of carbonyl (C=O) groups excluding carboxylic acids is 1. The van der Waals surface area contributed by atoms with E-state index < -0.39 is 11.5 Å². The van der Waals surface area contributed by atoms with Gasteiger partial charge in [-0.25, -0.2) is 4.98 Å². The number of carbonyl (C=O) groups is 1. The molecule has 2 aromatic carbocycles. The summed E-state index contributed by atoms with van der Waals surface area (Å²) >= 11 is 0. The van der Waals surface area contributed by atoms with Crippen molar-refractivity contribution in [2.45, 2.75) is 13.5 Å². The Morgan fingerprint density at radius 1 is 0.923 bits per heavy atom. The number of hydrogen-bond acceptors (Lipinski definition) is 8. The molecule has 5 rings (SSSR count). The lowest BCUT2D eigenvalue weighted by Gasteiger charge is -2.12. The lowest BCUT2D eigenvalue weighted by atomic mass is 10.2. The number of pyridine rings is 2. The number of rotatable bonds is 8. The molecule has 0 unspecified atom stereocenters. The number of hydrogen-bond donors (Lipinski definition) is 1. The number of methoxy groups -OCH3 is 2. The van der Waals surface area contributed by atoms with Crippen LogP contribution in [0.15, 0.2) is 83.9 Å². The Hall–Kier alpha value is -5.25. The summed E-state index contributed by atoms with van der Waals surface area (Å²) in [6.45, 7) is 2.01. The zero-order chi connectivity index (χ0) is 27.4. The highest BCUT2D eigenvalue weighted by atomic mass is 16.5. The highest BCUT2D eigenvalue weighted by molar-refractivity contribution is 5.94. The average molecular weight is 524 g/mol. The first-order chi connectivity index (χ1) is 19.0. The smallest absolute Gasteiger partial charge is 0.285 e. The fourth-order valence-electron chi connectivity index (χ4n) is 4.03. The third-order valence-electron chi connectivity index (χ3n) is 5.95. The van der Waals surface area contributed by atoms with Crippen LogP contribution in [-0.2, 0) is 6.54 Å². The van der Waals surface area contributed by atoms with E-state index in [1.807, 2.05) is 30.3 Å². The van der Waals surface area contributed by atoms with Gasteiger partial charge in [0.15, 0.2) is 17.3 Å². The molecule has 3 aromatic heterocycles. The first-order valence-electron chi connectivity index (χ1n) is 12.0. The first-order valence-corrected chi connectivity index (χ1v) is 12.0. The Bertz CT molecular complexity index is 1700.